The molecule has 13 atom stereocenters. The Morgan fingerprint density at radius 2 is 1.48 bits per heavy atom. The van der Waals surface area contributed by atoms with Crippen LogP contribution in [0.3, 0.4) is 0 Å². The Morgan fingerprint density at radius 1 is 0.871 bits per heavy atom. The van der Waals surface area contributed by atoms with E-state index in [2.05, 4.69) is 0 Å². The average Bonchev–Trinajstić information content (AvgIpc) is 2.74. The Labute approximate surface area is 181 Å². The largest absolute Gasteiger partial charge is 0.391 e. The molecule has 31 heavy (non-hydrogen) atoms. The van der Waals surface area contributed by atoms with Gasteiger partial charge in [0.2, 0.25) is 0 Å². The van der Waals surface area contributed by atoms with Crippen LogP contribution in [0.4, 0.5) is 0 Å². The summed E-state index contributed by atoms with van der Waals surface area (Å²) in [5, 5.41) is 21.2. The molecule has 2 heterocycles. The summed E-state index contributed by atoms with van der Waals surface area (Å²) in [6.07, 6.45) is -5.96. The lowest BCUT2D eigenvalue weighted by atomic mass is 9.84. The van der Waals surface area contributed by atoms with Crippen molar-refractivity contribution in [3.63, 3.8) is 0 Å². The van der Waals surface area contributed by atoms with Crippen molar-refractivity contribution >= 4 is 0 Å². The highest BCUT2D eigenvalue weighted by Gasteiger charge is 2.48. The molecule has 13 unspecified atom stereocenters. The normalized spacial score (nSPS) is 51.6. The smallest absolute Gasteiger partial charge is 0.176 e. The van der Waals surface area contributed by atoms with Crippen molar-refractivity contribution < 1.29 is 33.9 Å². The third-order valence-electron chi connectivity index (χ3n) is 6.41. The van der Waals surface area contributed by atoms with Crippen LogP contribution >= 0.6 is 0 Å². The van der Waals surface area contributed by atoms with Crippen molar-refractivity contribution in [1.29, 1.82) is 0 Å². The summed E-state index contributed by atoms with van der Waals surface area (Å²) in [4.78, 5) is 0. The standard InChI is InChI=1S/C18H38N6O7/c1-27-10-5-28-17(13(24)12(10)23)30-15-7(20)3-8(21)16(14(15)26)31-18-11(22)9(25)2-6(4-19)29-18/h6-18,25-26H,2-5,19-24H2,1H3. The van der Waals surface area contributed by atoms with Crippen molar-refractivity contribution in [2.24, 2.45) is 34.4 Å². The first-order valence-corrected chi connectivity index (χ1v) is 10.6. The van der Waals surface area contributed by atoms with Gasteiger partial charge < -0.3 is 68.3 Å². The van der Waals surface area contributed by atoms with E-state index in [9.17, 15) is 10.2 Å². The molecule has 0 amide bonds. The fraction of sp³-hybridized carbons (Fsp3) is 1.00. The van der Waals surface area contributed by atoms with Crippen LogP contribution in [-0.4, -0.2) is 110 Å². The Morgan fingerprint density at radius 3 is 2.06 bits per heavy atom. The van der Waals surface area contributed by atoms with Crippen LogP contribution in [0.25, 0.3) is 0 Å². The van der Waals surface area contributed by atoms with E-state index in [0.29, 0.717) is 12.8 Å². The van der Waals surface area contributed by atoms with E-state index in [-0.39, 0.29) is 19.3 Å². The van der Waals surface area contributed by atoms with Gasteiger partial charge in [0.15, 0.2) is 12.6 Å². The third kappa shape index (κ3) is 5.35. The van der Waals surface area contributed by atoms with E-state index in [0.717, 1.165) is 0 Å². The van der Waals surface area contributed by atoms with E-state index < -0.39 is 73.3 Å². The third-order valence-corrected chi connectivity index (χ3v) is 6.41. The van der Waals surface area contributed by atoms with Gasteiger partial charge in [-0.3, -0.25) is 0 Å². The molecule has 0 aromatic heterocycles. The lowest BCUT2D eigenvalue weighted by Crippen LogP contribution is -2.68. The molecule has 3 fully saturated rings. The number of nitrogens with two attached hydrogens (primary N) is 6. The summed E-state index contributed by atoms with van der Waals surface area (Å²) in [6, 6.07) is -3.24. The van der Waals surface area contributed by atoms with E-state index >= 15 is 0 Å². The summed E-state index contributed by atoms with van der Waals surface area (Å²) >= 11 is 0. The maximum absolute atomic E-state index is 11.0. The maximum atomic E-state index is 11.0. The quantitative estimate of drug-likeness (QED) is 0.189. The zero-order chi connectivity index (χ0) is 22.9. The van der Waals surface area contributed by atoms with Crippen LogP contribution in [0.15, 0.2) is 0 Å². The van der Waals surface area contributed by atoms with Crippen LogP contribution in [-0.2, 0) is 23.7 Å². The molecule has 182 valence electrons. The van der Waals surface area contributed by atoms with Crippen molar-refractivity contribution in [2.45, 2.75) is 92.3 Å². The number of hydrogen-bond donors (Lipinski definition) is 8. The van der Waals surface area contributed by atoms with Gasteiger partial charge in [-0.2, -0.15) is 0 Å². The molecular formula is C18H38N6O7. The first-order valence-electron chi connectivity index (χ1n) is 10.6. The van der Waals surface area contributed by atoms with Gasteiger partial charge in [0.05, 0.1) is 43.0 Å². The minimum Gasteiger partial charge on any atom is -0.391 e. The molecular weight excluding hydrogens is 412 g/mol. The van der Waals surface area contributed by atoms with Crippen molar-refractivity contribution in [3.05, 3.63) is 0 Å². The minimum atomic E-state index is -1.22. The lowest BCUT2D eigenvalue weighted by molar-refractivity contribution is -0.287. The summed E-state index contributed by atoms with van der Waals surface area (Å²) in [5.74, 6) is 0. The molecule has 0 bridgehead atoms. The Bertz CT molecular complexity index is 580. The molecule has 2 saturated heterocycles. The first-order chi connectivity index (χ1) is 14.7. The monoisotopic (exact) mass is 450 g/mol. The molecule has 13 nitrogen and oxygen atoms in total. The number of aliphatic hydroxyl groups is 2. The molecule has 0 spiro atoms. The van der Waals surface area contributed by atoms with Gasteiger partial charge in [-0.25, -0.2) is 0 Å². The van der Waals surface area contributed by atoms with Crippen LogP contribution < -0.4 is 34.4 Å². The molecule has 1 saturated carbocycles. The van der Waals surface area contributed by atoms with E-state index in [4.69, 9.17) is 58.1 Å². The molecule has 0 aromatic rings. The summed E-state index contributed by atoms with van der Waals surface area (Å²) in [6.45, 7) is 0.385. The second kappa shape index (κ2) is 10.6. The molecule has 14 N–H and O–H groups in total. The summed E-state index contributed by atoms with van der Waals surface area (Å²) in [7, 11) is 1.52. The molecule has 0 aromatic carbocycles. The van der Waals surface area contributed by atoms with Crippen LogP contribution in [0.1, 0.15) is 12.8 Å². The molecule has 13 heteroatoms. The number of methoxy groups -OCH3 is 1. The van der Waals surface area contributed by atoms with E-state index in [1.807, 2.05) is 0 Å². The maximum Gasteiger partial charge on any atom is 0.176 e. The number of rotatable bonds is 6. The second-order valence-electron chi connectivity index (χ2n) is 8.63. The number of aliphatic hydroxyl groups excluding tert-OH is 2. The van der Waals surface area contributed by atoms with Gasteiger partial charge in [-0.15, -0.1) is 0 Å². The predicted molar refractivity (Wildman–Crippen MR) is 109 cm³/mol. The molecule has 3 rings (SSSR count). The zero-order valence-electron chi connectivity index (χ0n) is 17.7. The Hall–Kier alpha value is -0.520. The van der Waals surface area contributed by atoms with Gasteiger partial charge in [-0.05, 0) is 6.42 Å². The number of ether oxygens (including phenoxy) is 5. The SMILES string of the molecule is COC1COC(OC2C(N)CC(N)C(OC3OC(CN)CC(O)C3N)C2O)C(N)C1N. The van der Waals surface area contributed by atoms with Crippen molar-refractivity contribution in [2.75, 3.05) is 20.3 Å². The van der Waals surface area contributed by atoms with Crippen LogP contribution in [0, 0.1) is 0 Å². The van der Waals surface area contributed by atoms with Crippen LogP contribution in [0.2, 0.25) is 0 Å². The van der Waals surface area contributed by atoms with Gasteiger partial charge in [0, 0.05) is 32.2 Å². The first kappa shape index (κ1) is 25.1. The Kier molecular flexibility index (Phi) is 8.59. The fourth-order valence-corrected chi connectivity index (χ4v) is 4.36. The second-order valence-corrected chi connectivity index (χ2v) is 8.63. The van der Waals surface area contributed by atoms with Gasteiger partial charge in [0.1, 0.15) is 18.3 Å². The van der Waals surface area contributed by atoms with Crippen molar-refractivity contribution in [3.8, 4) is 0 Å². The van der Waals surface area contributed by atoms with Crippen molar-refractivity contribution in [1.82, 2.24) is 0 Å². The van der Waals surface area contributed by atoms with Crippen LogP contribution in [0.5, 0.6) is 0 Å². The zero-order valence-corrected chi connectivity index (χ0v) is 17.7. The topological polar surface area (TPSA) is 243 Å². The minimum absolute atomic E-state index is 0.191. The average molecular weight is 451 g/mol. The molecule has 2 aliphatic heterocycles. The molecule has 0 radical (unpaired) electrons. The highest BCUT2D eigenvalue weighted by atomic mass is 16.7. The van der Waals surface area contributed by atoms with Gasteiger partial charge >= 0.3 is 0 Å². The highest BCUT2D eigenvalue weighted by molar-refractivity contribution is 5.01. The van der Waals surface area contributed by atoms with E-state index in [1.54, 1.807) is 0 Å². The fourth-order valence-electron chi connectivity index (χ4n) is 4.36. The summed E-state index contributed by atoms with van der Waals surface area (Å²) < 4.78 is 28.5. The predicted octanol–water partition coefficient (Wildman–Crippen LogP) is -5.04. The van der Waals surface area contributed by atoms with Gasteiger partial charge in [0.25, 0.3) is 0 Å². The Balaban J connectivity index is 1.68. The van der Waals surface area contributed by atoms with E-state index in [1.165, 1.54) is 7.11 Å². The molecule has 1 aliphatic carbocycles. The summed E-state index contributed by atoms with van der Waals surface area (Å²) in [5.41, 5.74) is 36.4. The van der Waals surface area contributed by atoms with Gasteiger partial charge in [-0.1, -0.05) is 0 Å². The lowest BCUT2D eigenvalue weighted by Gasteiger charge is -2.47. The number of hydrogen-bond acceptors (Lipinski definition) is 13. The highest BCUT2D eigenvalue weighted by Crippen LogP contribution is 2.29. The molecule has 3 aliphatic rings.